The number of methoxy groups -OCH3 is 2. The second-order valence-corrected chi connectivity index (χ2v) is 5.59. The first-order valence-electron chi connectivity index (χ1n) is 7.25. The molecule has 9 heteroatoms. The zero-order valence-corrected chi connectivity index (χ0v) is 13.1. The van der Waals surface area contributed by atoms with Crippen LogP contribution in [0.15, 0.2) is 18.2 Å². The minimum atomic E-state index is -4.48. The van der Waals surface area contributed by atoms with Crippen molar-refractivity contribution in [2.24, 2.45) is 0 Å². The highest BCUT2D eigenvalue weighted by molar-refractivity contribution is 6.05. The Labute approximate surface area is 135 Å². The summed E-state index contributed by atoms with van der Waals surface area (Å²) >= 11 is 0. The molecule has 0 bridgehead atoms. The lowest BCUT2D eigenvalue weighted by molar-refractivity contribution is -0.137. The average molecular weight is 343 g/mol. The molecule has 3 rings (SSSR count). The number of hydrogen-bond donors (Lipinski definition) is 1. The number of rotatable bonds is 3. The summed E-state index contributed by atoms with van der Waals surface area (Å²) in [6, 6.07) is 3.15. The van der Waals surface area contributed by atoms with Gasteiger partial charge < -0.3 is 14.4 Å². The van der Waals surface area contributed by atoms with E-state index in [9.17, 15) is 18.0 Å². The van der Waals surface area contributed by atoms with Crippen LogP contribution in [0.2, 0.25) is 0 Å². The molecule has 0 spiro atoms. The topological polar surface area (TPSA) is 67.5 Å². The van der Waals surface area contributed by atoms with E-state index in [2.05, 4.69) is 10.2 Å². The zero-order chi connectivity index (χ0) is 17.5. The zero-order valence-electron chi connectivity index (χ0n) is 13.1. The van der Waals surface area contributed by atoms with Crippen LogP contribution in [0.1, 0.15) is 16.1 Å². The molecule has 2 aromatic rings. The highest BCUT2D eigenvalue weighted by Crippen LogP contribution is 2.32. The second kappa shape index (κ2) is 6.06. The largest absolute Gasteiger partial charge is 0.416 e. The number of hydrogen-bond acceptors (Lipinski definition) is 4. The third-order valence-electron chi connectivity index (χ3n) is 4.20. The smallest absolute Gasteiger partial charge is 0.377 e. The van der Waals surface area contributed by atoms with Gasteiger partial charge in [-0.15, -0.1) is 0 Å². The summed E-state index contributed by atoms with van der Waals surface area (Å²) in [5.74, 6) is -0.456. The Balaban J connectivity index is 1.93. The number of carbonyl (C=O) groups excluding carboxylic acids is 1. The lowest BCUT2D eigenvalue weighted by atomic mass is 10.1. The van der Waals surface area contributed by atoms with Gasteiger partial charge in [0.1, 0.15) is 12.2 Å². The van der Waals surface area contributed by atoms with E-state index in [1.165, 1.54) is 25.2 Å². The highest BCUT2D eigenvalue weighted by Gasteiger charge is 2.37. The lowest BCUT2D eigenvalue weighted by Crippen LogP contribution is -2.30. The number of H-pyrrole nitrogens is 1. The molecule has 1 aliphatic rings. The molecule has 0 aliphatic carbocycles. The van der Waals surface area contributed by atoms with E-state index >= 15 is 0 Å². The molecule has 6 nitrogen and oxygen atoms in total. The van der Waals surface area contributed by atoms with Crippen LogP contribution < -0.4 is 0 Å². The van der Waals surface area contributed by atoms with Crippen molar-refractivity contribution in [1.29, 1.82) is 0 Å². The number of halogens is 3. The van der Waals surface area contributed by atoms with Gasteiger partial charge in [0.25, 0.3) is 5.91 Å². The van der Waals surface area contributed by atoms with Crippen molar-refractivity contribution in [3.05, 3.63) is 29.5 Å². The van der Waals surface area contributed by atoms with Crippen LogP contribution in [-0.2, 0) is 15.7 Å². The number of aromatic nitrogens is 2. The van der Waals surface area contributed by atoms with Crippen molar-refractivity contribution in [3.8, 4) is 0 Å². The molecule has 1 fully saturated rings. The Bertz CT molecular complexity index is 747. The predicted octanol–water partition coefficient (Wildman–Crippen LogP) is 2.07. The van der Waals surface area contributed by atoms with Gasteiger partial charge in [-0.1, -0.05) is 0 Å². The second-order valence-electron chi connectivity index (χ2n) is 5.59. The fourth-order valence-corrected chi connectivity index (χ4v) is 2.87. The number of aromatic amines is 1. The van der Waals surface area contributed by atoms with Gasteiger partial charge in [0, 0.05) is 32.7 Å². The standard InChI is InChI=1S/C15H16F3N3O3/c1-23-11-6-21(7-12(11)24-2)14(22)13-9-5-8(15(16,17)18)3-4-10(9)19-20-13/h3-5,11-12H,6-7H2,1-2H3,(H,19,20)/t11-,12+. The quantitative estimate of drug-likeness (QED) is 0.926. The van der Waals surface area contributed by atoms with E-state index in [1.807, 2.05) is 0 Å². The Morgan fingerprint density at radius 3 is 2.42 bits per heavy atom. The van der Waals surface area contributed by atoms with Crippen LogP contribution in [0.3, 0.4) is 0 Å². The molecule has 130 valence electrons. The average Bonchev–Trinajstić information content (AvgIpc) is 3.16. The summed E-state index contributed by atoms with van der Waals surface area (Å²) in [7, 11) is 3.04. The maximum atomic E-state index is 12.9. The van der Waals surface area contributed by atoms with Gasteiger partial charge in [-0.25, -0.2) is 0 Å². The third-order valence-corrected chi connectivity index (χ3v) is 4.20. The normalized spacial score (nSPS) is 21.6. The summed E-state index contributed by atoms with van der Waals surface area (Å²) in [6.07, 6.45) is -5.05. The molecule has 1 aromatic carbocycles. The maximum Gasteiger partial charge on any atom is 0.416 e. The minimum Gasteiger partial charge on any atom is -0.377 e. The molecule has 1 aromatic heterocycles. The molecule has 1 aliphatic heterocycles. The molecular formula is C15H16F3N3O3. The van der Waals surface area contributed by atoms with Gasteiger partial charge in [0.2, 0.25) is 0 Å². The third kappa shape index (κ3) is 2.84. The van der Waals surface area contributed by atoms with Crippen molar-refractivity contribution in [2.75, 3.05) is 27.3 Å². The Kier molecular flexibility index (Phi) is 4.22. The molecule has 1 N–H and O–H groups in total. The lowest BCUT2D eigenvalue weighted by Gasteiger charge is -2.14. The van der Waals surface area contributed by atoms with Gasteiger partial charge in [-0.2, -0.15) is 18.3 Å². The fourth-order valence-electron chi connectivity index (χ4n) is 2.87. The summed E-state index contributed by atoms with van der Waals surface area (Å²) in [5, 5.41) is 6.64. The van der Waals surface area contributed by atoms with Crippen LogP contribution in [0.4, 0.5) is 13.2 Å². The van der Waals surface area contributed by atoms with Gasteiger partial charge >= 0.3 is 6.18 Å². The van der Waals surface area contributed by atoms with E-state index < -0.39 is 17.6 Å². The summed E-state index contributed by atoms with van der Waals surface area (Å²) in [4.78, 5) is 14.1. The minimum absolute atomic E-state index is 0.0392. The van der Waals surface area contributed by atoms with E-state index in [0.717, 1.165) is 12.1 Å². The predicted molar refractivity (Wildman–Crippen MR) is 78.6 cm³/mol. The number of carbonyl (C=O) groups is 1. The van der Waals surface area contributed by atoms with Crippen molar-refractivity contribution >= 4 is 16.8 Å². The van der Waals surface area contributed by atoms with E-state index in [-0.39, 0.29) is 23.3 Å². The van der Waals surface area contributed by atoms with Crippen LogP contribution in [0.5, 0.6) is 0 Å². The SMILES string of the molecule is CO[C@H]1CN(C(=O)c2n[nH]c3ccc(C(F)(F)F)cc23)C[C@H]1OC. The number of alkyl halides is 3. The van der Waals surface area contributed by atoms with Crippen molar-refractivity contribution in [3.63, 3.8) is 0 Å². The number of ether oxygens (including phenoxy) is 2. The summed E-state index contributed by atoms with van der Waals surface area (Å²) in [5.41, 5.74) is -0.490. The monoisotopic (exact) mass is 343 g/mol. The van der Waals surface area contributed by atoms with Crippen LogP contribution >= 0.6 is 0 Å². The molecule has 2 atom stereocenters. The Hall–Kier alpha value is -2.13. The van der Waals surface area contributed by atoms with E-state index in [1.54, 1.807) is 0 Å². The van der Waals surface area contributed by atoms with Crippen LogP contribution in [0.25, 0.3) is 10.9 Å². The van der Waals surface area contributed by atoms with Gasteiger partial charge in [0.15, 0.2) is 5.69 Å². The first-order chi connectivity index (χ1) is 11.3. The number of fused-ring (bicyclic) bond motifs is 1. The Morgan fingerprint density at radius 2 is 1.88 bits per heavy atom. The van der Waals surface area contributed by atoms with Crippen LogP contribution in [-0.4, -0.2) is 60.5 Å². The molecule has 0 unspecified atom stereocenters. The molecule has 0 radical (unpaired) electrons. The number of likely N-dealkylation sites (tertiary alicyclic amines) is 1. The summed E-state index contributed by atoms with van der Waals surface area (Å²) < 4.78 is 49.2. The molecular weight excluding hydrogens is 327 g/mol. The van der Waals surface area contributed by atoms with Gasteiger partial charge in [0.05, 0.1) is 11.1 Å². The molecule has 0 saturated carbocycles. The van der Waals surface area contributed by atoms with Gasteiger partial charge in [-0.05, 0) is 18.2 Å². The maximum absolute atomic E-state index is 12.9. The molecule has 2 heterocycles. The number of nitrogens with zero attached hydrogens (tertiary/aromatic N) is 2. The number of nitrogens with one attached hydrogen (secondary N) is 1. The van der Waals surface area contributed by atoms with Gasteiger partial charge in [-0.3, -0.25) is 9.89 Å². The first-order valence-corrected chi connectivity index (χ1v) is 7.25. The molecule has 1 saturated heterocycles. The van der Waals surface area contributed by atoms with Crippen molar-refractivity contribution in [2.45, 2.75) is 18.4 Å². The van der Waals surface area contributed by atoms with Crippen LogP contribution in [0, 0.1) is 0 Å². The number of amides is 1. The highest BCUT2D eigenvalue weighted by atomic mass is 19.4. The number of benzene rings is 1. The van der Waals surface area contributed by atoms with Crippen molar-refractivity contribution in [1.82, 2.24) is 15.1 Å². The van der Waals surface area contributed by atoms with E-state index in [0.29, 0.717) is 18.6 Å². The molecule has 24 heavy (non-hydrogen) atoms. The fraction of sp³-hybridized carbons (Fsp3) is 0.467. The first kappa shape index (κ1) is 16.7. The van der Waals surface area contributed by atoms with Crippen molar-refractivity contribution < 1.29 is 27.4 Å². The Morgan fingerprint density at radius 1 is 1.25 bits per heavy atom. The summed E-state index contributed by atoms with van der Waals surface area (Å²) in [6.45, 7) is 0.586. The van der Waals surface area contributed by atoms with E-state index in [4.69, 9.17) is 9.47 Å². The molecule has 1 amide bonds.